The van der Waals surface area contributed by atoms with Crippen molar-refractivity contribution in [2.75, 3.05) is 13.2 Å². The van der Waals surface area contributed by atoms with Gasteiger partial charge in [0, 0.05) is 0 Å². The van der Waals surface area contributed by atoms with Gasteiger partial charge in [0.05, 0.1) is 12.8 Å². The average molecular weight is 293 g/mol. The third-order valence-electron chi connectivity index (χ3n) is 2.14. The second kappa shape index (κ2) is 6.36. The molecule has 1 unspecified atom stereocenters. The lowest BCUT2D eigenvalue weighted by molar-refractivity contribution is -0.177. The van der Waals surface area contributed by atoms with Gasteiger partial charge in [0.25, 0.3) is 0 Å². The molecule has 0 saturated heterocycles. The van der Waals surface area contributed by atoms with Crippen LogP contribution < -0.4 is 0 Å². The summed E-state index contributed by atoms with van der Waals surface area (Å²) in [6, 6.07) is 0. The summed E-state index contributed by atoms with van der Waals surface area (Å²) in [5.74, 6) is -0.420. The fraction of sp³-hybridized carbons (Fsp3) is 0.455. The maximum atomic E-state index is 12.1. The highest BCUT2D eigenvalue weighted by atomic mass is 19.4. The Labute approximate surface area is 111 Å². The van der Waals surface area contributed by atoms with Crippen LogP contribution in [0.4, 0.5) is 13.2 Å². The molecule has 0 aromatic rings. The van der Waals surface area contributed by atoms with Gasteiger partial charge in [-0.05, 0) is 6.92 Å². The summed E-state index contributed by atoms with van der Waals surface area (Å²) < 4.78 is 45.9. The number of alkyl halides is 3. The van der Waals surface area contributed by atoms with Gasteiger partial charge in [0.15, 0.2) is 11.5 Å². The molecule has 0 saturated carbocycles. The van der Waals surface area contributed by atoms with Gasteiger partial charge in [-0.3, -0.25) is 0 Å². The first kappa shape index (κ1) is 15.9. The van der Waals surface area contributed by atoms with Crippen LogP contribution >= 0.6 is 0 Å². The van der Waals surface area contributed by atoms with E-state index < -0.39 is 36.1 Å². The van der Waals surface area contributed by atoms with Crippen molar-refractivity contribution < 1.29 is 37.3 Å². The normalized spacial score (nSPS) is 19.0. The molecular weight excluding hydrogens is 283 g/mol. The molecule has 0 amide bonds. The van der Waals surface area contributed by atoms with Crippen molar-refractivity contribution in [3.8, 4) is 0 Å². The Bertz CT molecular complexity index is 503. The van der Waals surface area contributed by atoms with Gasteiger partial charge in [-0.2, -0.15) is 13.2 Å². The monoisotopic (exact) mass is 293 g/mol. The van der Waals surface area contributed by atoms with Crippen LogP contribution in [0.1, 0.15) is 6.92 Å². The third kappa shape index (κ3) is 3.94. The van der Waals surface area contributed by atoms with Gasteiger partial charge in [-0.1, -0.05) is 0 Å². The number of carbonyl (C=O) groups is 1. The van der Waals surface area contributed by atoms with Gasteiger partial charge in [0.2, 0.25) is 0 Å². The number of hydrogen-bond acceptors (Lipinski definition) is 5. The van der Waals surface area contributed by atoms with E-state index in [2.05, 4.69) is 9.73 Å². The molecule has 1 aliphatic heterocycles. The smallest absolute Gasteiger partial charge is 0.411 e. The van der Waals surface area contributed by atoms with Gasteiger partial charge in [-0.15, -0.1) is 0 Å². The molecule has 1 rings (SSSR count). The van der Waals surface area contributed by atoms with Crippen molar-refractivity contribution in [3.05, 3.63) is 17.5 Å². The van der Waals surface area contributed by atoms with Crippen molar-refractivity contribution in [2.24, 2.45) is 4.99 Å². The predicted octanol–water partition coefficient (Wildman–Crippen LogP) is 1.11. The van der Waals surface area contributed by atoms with Gasteiger partial charge < -0.3 is 14.6 Å². The molecule has 0 fully saturated rings. The van der Waals surface area contributed by atoms with Crippen LogP contribution in [0.3, 0.4) is 0 Å². The second-order valence-corrected chi connectivity index (χ2v) is 3.57. The van der Waals surface area contributed by atoms with E-state index >= 15 is 0 Å². The molecule has 1 atom stereocenters. The average Bonchev–Trinajstić information content (AvgIpc) is 2.35. The quantitative estimate of drug-likeness (QED) is 0.767. The van der Waals surface area contributed by atoms with E-state index in [-0.39, 0.29) is 12.4 Å². The Kier molecular flexibility index (Phi) is 5.06. The fourth-order valence-corrected chi connectivity index (χ4v) is 1.41. The summed E-state index contributed by atoms with van der Waals surface area (Å²) in [5.41, 5.74) is -1.21. The number of aliphatic carboxylic acids is 1. The number of aliphatic imine (C=N–C) groups is 1. The Morgan fingerprint density at radius 3 is 2.65 bits per heavy atom. The number of carboxylic acid groups (broad SMARTS) is 1. The lowest BCUT2D eigenvalue weighted by Gasteiger charge is -2.23. The highest BCUT2D eigenvalue weighted by molar-refractivity contribution is 6.39. The lowest BCUT2D eigenvalue weighted by atomic mass is 10.0. The molecular formula is C11H10F3NO5. The van der Waals surface area contributed by atoms with Crippen LogP contribution in [-0.2, 0) is 19.1 Å². The number of ether oxygens (including phenoxy) is 2. The Balaban J connectivity index is 3.09. The van der Waals surface area contributed by atoms with Gasteiger partial charge in [-0.25, -0.2) is 14.6 Å². The summed E-state index contributed by atoms with van der Waals surface area (Å²) in [4.78, 5) is 25.2. The number of halogens is 3. The summed E-state index contributed by atoms with van der Waals surface area (Å²) in [5, 5.41) is 8.86. The van der Waals surface area contributed by atoms with E-state index in [0.29, 0.717) is 0 Å². The molecule has 6 nitrogen and oxygen atoms in total. The standard InChI is InChI=1S/C11H10F3NO5/c1-2-19-7-3-15-8(10(17)18)9(6(7)4-16)20-5-11(12,13)14/h3,9H,2,5H2,1H3,(H,17,18). The number of rotatable bonds is 5. The summed E-state index contributed by atoms with van der Waals surface area (Å²) in [7, 11) is 0. The SMILES string of the molecule is CCOC1=CN=C(C(=O)O)C(OCC(F)(F)F)C1=C=O. The molecule has 0 bridgehead atoms. The molecule has 0 aliphatic carbocycles. The van der Waals surface area contributed by atoms with E-state index in [4.69, 9.17) is 9.84 Å². The topological polar surface area (TPSA) is 85.2 Å². The highest BCUT2D eigenvalue weighted by Gasteiger charge is 2.37. The first-order chi connectivity index (χ1) is 9.30. The molecule has 1 N–H and O–H groups in total. The summed E-state index contributed by atoms with van der Waals surface area (Å²) >= 11 is 0. The Morgan fingerprint density at radius 2 is 2.20 bits per heavy atom. The van der Waals surface area contributed by atoms with Crippen molar-refractivity contribution in [3.63, 3.8) is 0 Å². The zero-order valence-corrected chi connectivity index (χ0v) is 10.2. The summed E-state index contributed by atoms with van der Waals surface area (Å²) in [6.45, 7) is -0.0409. The molecule has 110 valence electrons. The zero-order chi connectivity index (χ0) is 15.3. The first-order valence-corrected chi connectivity index (χ1v) is 5.37. The van der Waals surface area contributed by atoms with Crippen molar-refractivity contribution in [1.82, 2.24) is 0 Å². The molecule has 0 spiro atoms. The van der Waals surface area contributed by atoms with Gasteiger partial charge >= 0.3 is 12.1 Å². The Hall–Kier alpha value is -2.12. The van der Waals surface area contributed by atoms with Crippen LogP contribution in [-0.4, -0.2) is 48.2 Å². The van der Waals surface area contributed by atoms with Crippen LogP contribution in [0.15, 0.2) is 22.5 Å². The third-order valence-corrected chi connectivity index (χ3v) is 2.14. The zero-order valence-electron chi connectivity index (χ0n) is 10.2. The fourth-order valence-electron chi connectivity index (χ4n) is 1.41. The minimum absolute atomic E-state index is 0.112. The molecule has 0 aromatic heterocycles. The highest BCUT2D eigenvalue weighted by Crippen LogP contribution is 2.24. The van der Waals surface area contributed by atoms with Crippen LogP contribution in [0.25, 0.3) is 0 Å². The Morgan fingerprint density at radius 1 is 1.55 bits per heavy atom. The van der Waals surface area contributed by atoms with E-state index in [0.717, 1.165) is 6.20 Å². The molecule has 20 heavy (non-hydrogen) atoms. The number of carboxylic acids is 1. The van der Waals surface area contributed by atoms with Crippen LogP contribution in [0.2, 0.25) is 0 Å². The molecule has 9 heteroatoms. The van der Waals surface area contributed by atoms with Crippen molar-refractivity contribution in [2.45, 2.75) is 19.2 Å². The maximum absolute atomic E-state index is 12.1. The number of hydrogen-bond donors (Lipinski definition) is 1. The number of carbonyl (C=O) groups excluding carboxylic acids is 1. The summed E-state index contributed by atoms with van der Waals surface area (Å²) in [6.07, 6.45) is -5.52. The minimum Gasteiger partial charge on any atom is -0.491 e. The molecule has 0 aromatic carbocycles. The minimum atomic E-state index is -4.68. The molecule has 1 heterocycles. The first-order valence-electron chi connectivity index (χ1n) is 5.37. The van der Waals surface area contributed by atoms with Gasteiger partial charge in [0.1, 0.15) is 24.2 Å². The second-order valence-electron chi connectivity index (χ2n) is 3.57. The van der Waals surface area contributed by atoms with Crippen LogP contribution in [0.5, 0.6) is 0 Å². The largest absolute Gasteiger partial charge is 0.491 e. The van der Waals surface area contributed by atoms with Crippen molar-refractivity contribution >= 4 is 17.6 Å². The molecule has 1 aliphatic rings. The van der Waals surface area contributed by atoms with E-state index in [9.17, 15) is 22.8 Å². The van der Waals surface area contributed by atoms with Crippen molar-refractivity contribution in [1.29, 1.82) is 0 Å². The number of nitrogens with zero attached hydrogens (tertiary/aromatic N) is 1. The predicted molar refractivity (Wildman–Crippen MR) is 59.8 cm³/mol. The lowest BCUT2D eigenvalue weighted by Crippen LogP contribution is -2.38. The van der Waals surface area contributed by atoms with E-state index in [1.54, 1.807) is 6.92 Å². The molecule has 0 radical (unpaired) electrons. The van der Waals surface area contributed by atoms with Crippen LogP contribution in [0, 0.1) is 0 Å². The van der Waals surface area contributed by atoms with E-state index in [1.807, 2.05) is 0 Å². The van der Waals surface area contributed by atoms with E-state index in [1.165, 1.54) is 5.94 Å². The maximum Gasteiger partial charge on any atom is 0.411 e.